The molecule has 0 aliphatic carbocycles. The van der Waals surface area contributed by atoms with Crippen LogP contribution < -0.4 is 9.47 Å². The van der Waals surface area contributed by atoms with Gasteiger partial charge in [-0.05, 0) is 48.4 Å². The molecule has 4 rings (SSSR count). The van der Waals surface area contributed by atoms with Crippen LogP contribution in [0.25, 0.3) is 6.08 Å². The van der Waals surface area contributed by atoms with E-state index in [4.69, 9.17) is 21.1 Å². The normalized spacial score (nSPS) is 14.1. The minimum atomic E-state index is -0.319. The molecule has 140 valence electrons. The lowest BCUT2D eigenvalue weighted by atomic mass is 10.0. The predicted molar refractivity (Wildman–Crippen MR) is 106 cm³/mol. The summed E-state index contributed by atoms with van der Waals surface area (Å²) in [5.41, 5.74) is 2.53. The van der Waals surface area contributed by atoms with Crippen LogP contribution in [0.3, 0.4) is 0 Å². The van der Waals surface area contributed by atoms with Gasteiger partial charge in [0.25, 0.3) is 0 Å². The number of hydrogen-bond donors (Lipinski definition) is 0. The average molecular weight is 395 g/mol. The molecule has 28 heavy (non-hydrogen) atoms. The van der Waals surface area contributed by atoms with Gasteiger partial charge in [0.1, 0.15) is 23.9 Å². The minimum absolute atomic E-state index is 0.0896. The Hall–Kier alpha value is -3.11. The number of benzene rings is 3. The fourth-order valence-electron chi connectivity index (χ4n) is 3.05. The van der Waals surface area contributed by atoms with Crippen molar-refractivity contribution in [3.63, 3.8) is 0 Å². The second-order valence-corrected chi connectivity index (χ2v) is 6.92. The van der Waals surface area contributed by atoms with Gasteiger partial charge in [-0.25, -0.2) is 4.39 Å². The second kappa shape index (κ2) is 7.49. The predicted octanol–water partition coefficient (Wildman–Crippen LogP) is 5.98. The molecular formula is C23H16ClFO3. The molecule has 0 N–H and O–H groups in total. The van der Waals surface area contributed by atoms with E-state index in [2.05, 4.69) is 0 Å². The Kier molecular flexibility index (Phi) is 4.88. The van der Waals surface area contributed by atoms with Gasteiger partial charge < -0.3 is 9.47 Å². The van der Waals surface area contributed by atoms with Crippen molar-refractivity contribution in [3.8, 4) is 11.5 Å². The Bertz CT molecular complexity index is 1090. The first kappa shape index (κ1) is 18.3. The minimum Gasteiger partial charge on any atom is -0.489 e. The average Bonchev–Trinajstić information content (AvgIpc) is 2.99. The number of hydrogen-bond acceptors (Lipinski definition) is 3. The molecule has 0 aromatic heterocycles. The molecule has 3 aromatic rings. The van der Waals surface area contributed by atoms with E-state index in [0.29, 0.717) is 27.6 Å². The second-order valence-electron chi connectivity index (χ2n) is 6.48. The maximum absolute atomic E-state index is 13.8. The highest BCUT2D eigenvalue weighted by atomic mass is 35.5. The quantitative estimate of drug-likeness (QED) is 0.510. The van der Waals surface area contributed by atoms with Gasteiger partial charge in [-0.1, -0.05) is 41.9 Å². The van der Waals surface area contributed by atoms with Crippen molar-refractivity contribution in [2.24, 2.45) is 0 Å². The molecule has 0 saturated carbocycles. The van der Waals surface area contributed by atoms with E-state index in [1.165, 1.54) is 6.07 Å². The third kappa shape index (κ3) is 3.64. The van der Waals surface area contributed by atoms with Crippen LogP contribution in [0.4, 0.5) is 4.39 Å². The standard InChI is InChI=1S/C23H16ClFO3/c1-14-10-18(27-13-16-4-2-3-5-19(16)25)12-20-22(14)23(26)21(28-20)11-15-6-8-17(24)9-7-15/h2-12H,13H2,1H3/b21-11-. The summed E-state index contributed by atoms with van der Waals surface area (Å²) in [6, 6.07) is 17.0. The van der Waals surface area contributed by atoms with Gasteiger partial charge >= 0.3 is 0 Å². The van der Waals surface area contributed by atoms with E-state index in [-0.39, 0.29) is 24.0 Å². The lowest BCUT2D eigenvalue weighted by Crippen LogP contribution is -2.00. The summed E-state index contributed by atoms with van der Waals surface area (Å²) in [5.74, 6) is 0.698. The summed E-state index contributed by atoms with van der Waals surface area (Å²) < 4.78 is 25.3. The smallest absolute Gasteiger partial charge is 0.232 e. The van der Waals surface area contributed by atoms with Gasteiger partial charge in [-0.2, -0.15) is 0 Å². The molecule has 0 radical (unpaired) electrons. The summed E-state index contributed by atoms with van der Waals surface area (Å²) in [4.78, 5) is 12.7. The monoisotopic (exact) mass is 394 g/mol. The number of carbonyl (C=O) groups is 1. The van der Waals surface area contributed by atoms with Gasteiger partial charge in [0.15, 0.2) is 5.76 Å². The lowest BCUT2D eigenvalue weighted by molar-refractivity contribution is 0.101. The van der Waals surface area contributed by atoms with Crippen molar-refractivity contribution in [2.75, 3.05) is 0 Å². The number of ketones is 1. The van der Waals surface area contributed by atoms with Crippen LogP contribution in [-0.2, 0) is 6.61 Å². The third-order valence-corrected chi connectivity index (χ3v) is 4.72. The van der Waals surface area contributed by atoms with Gasteiger partial charge in [-0.3, -0.25) is 4.79 Å². The van der Waals surface area contributed by atoms with Crippen LogP contribution in [0, 0.1) is 12.7 Å². The highest BCUT2D eigenvalue weighted by Crippen LogP contribution is 2.37. The van der Waals surface area contributed by atoms with Crippen LogP contribution in [-0.4, -0.2) is 5.78 Å². The topological polar surface area (TPSA) is 35.5 Å². The molecule has 1 heterocycles. The number of rotatable bonds is 4. The molecule has 0 bridgehead atoms. The van der Waals surface area contributed by atoms with E-state index < -0.39 is 0 Å². The summed E-state index contributed by atoms with van der Waals surface area (Å²) in [6.45, 7) is 1.91. The number of aryl methyl sites for hydroxylation is 1. The van der Waals surface area contributed by atoms with E-state index in [0.717, 1.165) is 11.1 Å². The number of Topliss-reactive ketones (excluding diaryl/α,β-unsaturated/α-hetero) is 1. The van der Waals surface area contributed by atoms with E-state index in [9.17, 15) is 9.18 Å². The molecule has 0 spiro atoms. The van der Waals surface area contributed by atoms with Crippen molar-refractivity contribution < 1.29 is 18.7 Å². The number of ether oxygens (including phenoxy) is 2. The summed E-state index contributed by atoms with van der Waals surface area (Å²) in [7, 11) is 0. The molecule has 0 atom stereocenters. The zero-order valence-corrected chi connectivity index (χ0v) is 15.8. The van der Waals surface area contributed by atoms with Gasteiger partial charge in [0.05, 0.1) is 5.56 Å². The van der Waals surface area contributed by atoms with Crippen molar-refractivity contribution in [3.05, 3.63) is 99.5 Å². The van der Waals surface area contributed by atoms with Crippen molar-refractivity contribution >= 4 is 23.5 Å². The summed E-state index contributed by atoms with van der Waals surface area (Å²) in [6.07, 6.45) is 1.68. The SMILES string of the molecule is Cc1cc(OCc2ccccc2F)cc2c1C(=O)/C(=C/c1ccc(Cl)cc1)O2. The maximum atomic E-state index is 13.8. The largest absolute Gasteiger partial charge is 0.489 e. The Balaban J connectivity index is 1.57. The molecule has 0 unspecified atom stereocenters. The van der Waals surface area contributed by atoms with Crippen molar-refractivity contribution in [2.45, 2.75) is 13.5 Å². The molecule has 0 fully saturated rings. The molecule has 1 aliphatic heterocycles. The van der Waals surface area contributed by atoms with Crippen LogP contribution >= 0.6 is 11.6 Å². The molecular weight excluding hydrogens is 379 g/mol. The highest BCUT2D eigenvalue weighted by molar-refractivity contribution is 6.30. The highest BCUT2D eigenvalue weighted by Gasteiger charge is 2.30. The number of carbonyl (C=O) groups excluding carboxylic acids is 1. The Labute approximate surface area is 167 Å². The van der Waals surface area contributed by atoms with Crippen molar-refractivity contribution in [1.82, 2.24) is 0 Å². The van der Waals surface area contributed by atoms with Crippen LogP contribution in [0.5, 0.6) is 11.5 Å². The number of fused-ring (bicyclic) bond motifs is 1. The Morgan fingerprint density at radius 3 is 2.61 bits per heavy atom. The van der Waals surface area contributed by atoms with E-state index in [1.54, 1.807) is 48.5 Å². The van der Waals surface area contributed by atoms with Crippen LogP contribution in [0.1, 0.15) is 27.0 Å². The molecule has 1 aliphatic rings. The van der Waals surface area contributed by atoms with Crippen LogP contribution in [0.2, 0.25) is 5.02 Å². The van der Waals surface area contributed by atoms with E-state index in [1.807, 2.05) is 19.1 Å². The lowest BCUT2D eigenvalue weighted by Gasteiger charge is -2.09. The van der Waals surface area contributed by atoms with E-state index >= 15 is 0 Å². The molecule has 3 aromatic carbocycles. The van der Waals surface area contributed by atoms with Crippen molar-refractivity contribution in [1.29, 1.82) is 0 Å². The number of allylic oxidation sites excluding steroid dienone is 1. The van der Waals surface area contributed by atoms with Gasteiger partial charge in [0, 0.05) is 16.7 Å². The van der Waals surface area contributed by atoms with Gasteiger partial charge in [0.2, 0.25) is 5.78 Å². The molecule has 3 nitrogen and oxygen atoms in total. The molecule has 0 saturated heterocycles. The summed E-state index contributed by atoms with van der Waals surface area (Å²) in [5, 5.41) is 0.622. The summed E-state index contributed by atoms with van der Waals surface area (Å²) >= 11 is 5.90. The third-order valence-electron chi connectivity index (χ3n) is 4.46. The molecule has 5 heteroatoms. The zero-order chi connectivity index (χ0) is 19.7. The van der Waals surface area contributed by atoms with Gasteiger partial charge in [-0.15, -0.1) is 0 Å². The fraction of sp³-hybridized carbons (Fsp3) is 0.0870. The first-order valence-corrected chi connectivity index (χ1v) is 9.10. The maximum Gasteiger partial charge on any atom is 0.232 e. The molecule has 0 amide bonds. The Morgan fingerprint density at radius 1 is 1.11 bits per heavy atom. The first-order valence-electron chi connectivity index (χ1n) is 8.72. The first-order chi connectivity index (χ1) is 13.5. The fourth-order valence-corrected chi connectivity index (χ4v) is 3.17. The van der Waals surface area contributed by atoms with Crippen LogP contribution in [0.15, 0.2) is 66.4 Å². The Morgan fingerprint density at radius 2 is 1.86 bits per heavy atom. The number of halogens is 2. The zero-order valence-electron chi connectivity index (χ0n) is 15.0.